The van der Waals surface area contributed by atoms with E-state index in [1.165, 1.54) is 0 Å². The van der Waals surface area contributed by atoms with Gasteiger partial charge in [0.25, 0.3) is 0 Å². The van der Waals surface area contributed by atoms with Crippen LogP contribution in [0.5, 0.6) is 5.75 Å². The normalized spacial score (nSPS) is 10.6. The number of allylic oxidation sites excluding steroid dienone is 1. The van der Waals surface area contributed by atoms with E-state index < -0.39 is 0 Å². The summed E-state index contributed by atoms with van der Waals surface area (Å²) in [5, 5.41) is 8.96. The molecule has 0 atom stereocenters. The van der Waals surface area contributed by atoms with Crippen molar-refractivity contribution >= 4 is 5.97 Å². The van der Waals surface area contributed by atoms with Gasteiger partial charge in [0.15, 0.2) is 0 Å². The van der Waals surface area contributed by atoms with E-state index in [9.17, 15) is 4.79 Å². The highest BCUT2D eigenvalue weighted by Gasteiger charge is 2.11. The third kappa shape index (κ3) is 5.15. The zero-order valence-electron chi connectivity index (χ0n) is 12.4. The van der Waals surface area contributed by atoms with Crippen molar-refractivity contribution in [2.45, 2.75) is 20.3 Å². The van der Waals surface area contributed by atoms with Gasteiger partial charge in [-0.1, -0.05) is 24.8 Å². The van der Waals surface area contributed by atoms with Gasteiger partial charge in [-0.05, 0) is 31.6 Å². The lowest BCUT2D eigenvalue weighted by atomic mass is 10.1. The molecule has 0 saturated heterocycles. The summed E-state index contributed by atoms with van der Waals surface area (Å²) in [6.07, 6.45) is 3.72. The second-order valence-corrected chi connectivity index (χ2v) is 4.27. The zero-order chi connectivity index (χ0) is 15.7. The summed E-state index contributed by atoms with van der Waals surface area (Å²) in [5.74, 6) is 0.199. The number of esters is 1. The number of hydrogen-bond donors (Lipinski definition) is 0. The van der Waals surface area contributed by atoms with Crippen LogP contribution in [0.3, 0.4) is 0 Å². The van der Waals surface area contributed by atoms with E-state index in [1.54, 1.807) is 31.2 Å². The molecule has 110 valence electrons. The molecule has 0 aliphatic carbocycles. The first kappa shape index (κ1) is 16.5. The Morgan fingerprint density at radius 3 is 2.81 bits per heavy atom. The molecule has 0 saturated carbocycles. The fourth-order valence-electron chi connectivity index (χ4n) is 1.69. The summed E-state index contributed by atoms with van der Waals surface area (Å²) in [7, 11) is 0. The predicted molar refractivity (Wildman–Crippen MR) is 80.9 cm³/mol. The predicted octanol–water partition coefficient (Wildman–Crippen LogP) is 3.17. The van der Waals surface area contributed by atoms with Gasteiger partial charge in [-0.15, -0.1) is 0 Å². The van der Waals surface area contributed by atoms with Crippen LogP contribution in [0.4, 0.5) is 0 Å². The first-order chi connectivity index (χ1) is 10.1. The van der Waals surface area contributed by atoms with Gasteiger partial charge in [-0.3, -0.25) is 4.79 Å². The lowest BCUT2D eigenvalue weighted by molar-refractivity contribution is -0.142. The highest BCUT2D eigenvalue weighted by atomic mass is 16.5. The summed E-state index contributed by atoms with van der Waals surface area (Å²) in [4.78, 5) is 11.6. The highest BCUT2D eigenvalue weighted by molar-refractivity contribution is 5.73. The minimum atomic E-state index is -0.318. The van der Waals surface area contributed by atoms with Gasteiger partial charge in [-0.25, -0.2) is 0 Å². The molecule has 0 fully saturated rings. The number of carbonyl (C=O) groups is 1. The first-order valence-corrected chi connectivity index (χ1v) is 6.73. The molecule has 0 spiro atoms. The third-order valence-electron chi connectivity index (χ3n) is 2.86. The molecule has 0 amide bonds. The van der Waals surface area contributed by atoms with Crippen LogP contribution < -0.4 is 4.74 Å². The van der Waals surface area contributed by atoms with Crippen molar-refractivity contribution in [3.05, 3.63) is 53.6 Å². The average molecular weight is 285 g/mol. The fraction of sp³-hybridized carbons (Fsp3) is 0.294. The van der Waals surface area contributed by atoms with E-state index >= 15 is 0 Å². The molecule has 1 rings (SSSR count). The molecule has 0 bridgehead atoms. The summed E-state index contributed by atoms with van der Waals surface area (Å²) >= 11 is 0. The van der Waals surface area contributed by atoms with Crippen molar-refractivity contribution in [1.82, 2.24) is 0 Å². The van der Waals surface area contributed by atoms with Crippen molar-refractivity contribution in [3.8, 4) is 11.8 Å². The van der Waals surface area contributed by atoms with Crippen LogP contribution >= 0.6 is 0 Å². The van der Waals surface area contributed by atoms with Crippen LogP contribution in [0, 0.1) is 11.3 Å². The van der Waals surface area contributed by atoms with Crippen LogP contribution in [0.1, 0.15) is 25.0 Å². The van der Waals surface area contributed by atoms with Gasteiger partial charge < -0.3 is 9.47 Å². The molecule has 4 nitrogen and oxygen atoms in total. The van der Waals surface area contributed by atoms with Crippen LogP contribution in [-0.2, 0) is 16.0 Å². The Morgan fingerprint density at radius 1 is 1.48 bits per heavy atom. The molecule has 1 aromatic rings. The first-order valence-electron chi connectivity index (χ1n) is 6.73. The second kappa shape index (κ2) is 8.60. The Balaban J connectivity index is 2.94. The zero-order valence-corrected chi connectivity index (χ0v) is 12.4. The topological polar surface area (TPSA) is 59.3 Å². The summed E-state index contributed by atoms with van der Waals surface area (Å²) < 4.78 is 10.6. The van der Waals surface area contributed by atoms with Crippen molar-refractivity contribution in [2.24, 2.45) is 0 Å². The number of carbonyl (C=O) groups excluding carboxylic acids is 1. The number of ether oxygens (including phenoxy) is 2. The number of nitriles is 1. The largest absolute Gasteiger partial charge is 0.489 e. The minimum absolute atomic E-state index is 0.119. The van der Waals surface area contributed by atoms with Crippen molar-refractivity contribution < 1.29 is 14.3 Å². The third-order valence-corrected chi connectivity index (χ3v) is 2.86. The molecule has 4 heteroatoms. The quantitative estimate of drug-likeness (QED) is 0.570. The second-order valence-electron chi connectivity index (χ2n) is 4.27. The standard InChI is InChI=1S/C17H19NO3/c1-4-13(5-2)12-21-16-9-14(11-18)7-8-15(16)10-17(19)20-6-3/h4-5,7-9H,1,6,10,12H2,2-3H3/b13-5+. The highest BCUT2D eigenvalue weighted by Crippen LogP contribution is 2.22. The van der Waals surface area contributed by atoms with E-state index in [0.29, 0.717) is 30.1 Å². The van der Waals surface area contributed by atoms with Crippen LogP contribution in [0.2, 0.25) is 0 Å². The molecular weight excluding hydrogens is 266 g/mol. The van der Waals surface area contributed by atoms with Gasteiger partial charge in [0, 0.05) is 5.56 Å². The van der Waals surface area contributed by atoms with Crippen molar-refractivity contribution in [2.75, 3.05) is 13.2 Å². The number of benzene rings is 1. The van der Waals surface area contributed by atoms with Crippen LogP contribution in [0.25, 0.3) is 0 Å². The minimum Gasteiger partial charge on any atom is -0.489 e. The Morgan fingerprint density at radius 2 is 2.24 bits per heavy atom. The molecule has 21 heavy (non-hydrogen) atoms. The van der Waals surface area contributed by atoms with Crippen molar-refractivity contribution in [1.29, 1.82) is 5.26 Å². The maximum atomic E-state index is 11.6. The Hall–Kier alpha value is -2.54. The fourth-order valence-corrected chi connectivity index (χ4v) is 1.69. The van der Waals surface area contributed by atoms with Gasteiger partial charge in [0.1, 0.15) is 12.4 Å². The van der Waals surface area contributed by atoms with Crippen LogP contribution in [0.15, 0.2) is 42.5 Å². The van der Waals surface area contributed by atoms with Gasteiger partial charge in [-0.2, -0.15) is 5.26 Å². The summed E-state index contributed by atoms with van der Waals surface area (Å²) in [6.45, 7) is 8.03. The lowest BCUT2D eigenvalue weighted by Crippen LogP contribution is -2.10. The molecule has 0 aromatic heterocycles. The molecule has 0 N–H and O–H groups in total. The number of rotatable bonds is 7. The van der Waals surface area contributed by atoms with E-state index in [-0.39, 0.29) is 12.4 Å². The van der Waals surface area contributed by atoms with Crippen LogP contribution in [-0.4, -0.2) is 19.2 Å². The van der Waals surface area contributed by atoms with Gasteiger partial charge >= 0.3 is 5.97 Å². The smallest absolute Gasteiger partial charge is 0.310 e. The van der Waals surface area contributed by atoms with E-state index in [1.807, 2.05) is 13.0 Å². The molecule has 0 heterocycles. The Labute approximate surface area is 125 Å². The Bertz CT molecular complexity index is 582. The van der Waals surface area contributed by atoms with Crippen molar-refractivity contribution in [3.63, 3.8) is 0 Å². The molecular formula is C17H19NO3. The maximum Gasteiger partial charge on any atom is 0.310 e. The lowest BCUT2D eigenvalue weighted by Gasteiger charge is -2.12. The van der Waals surface area contributed by atoms with E-state index in [0.717, 1.165) is 5.57 Å². The van der Waals surface area contributed by atoms with E-state index in [4.69, 9.17) is 14.7 Å². The Kier molecular flexibility index (Phi) is 6.76. The SMILES string of the molecule is C=C/C(=C\C)COc1cc(C#N)ccc1CC(=O)OCC. The molecule has 0 radical (unpaired) electrons. The van der Waals surface area contributed by atoms with E-state index in [2.05, 4.69) is 12.6 Å². The molecule has 0 unspecified atom stereocenters. The molecule has 0 aliphatic rings. The summed E-state index contributed by atoms with van der Waals surface area (Å²) in [6, 6.07) is 7.06. The number of hydrogen-bond acceptors (Lipinski definition) is 4. The summed E-state index contributed by atoms with van der Waals surface area (Å²) in [5.41, 5.74) is 2.12. The average Bonchev–Trinajstić information content (AvgIpc) is 2.49. The molecule has 0 aliphatic heterocycles. The maximum absolute atomic E-state index is 11.6. The number of nitrogens with zero attached hydrogens (tertiary/aromatic N) is 1. The molecule has 1 aromatic carbocycles. The monoisotopic (exact) mass is 285 g/mol. The van der Waals surface area contributed by atoms with Gasteiger partial charge in [0.05, 0.1) is 24.7 Å². The van der Waals surface area contributed by atoms with Gasteiger partial charge in [0.2, 0.25) is 0 Å².